The van der Waals surface area contributed by atoms with Crippen LogP contribution in [0.15, 0.2) is 45.1 Å². The van der Waals surface area contributed by atoms with Gasteiger partial charge in [0.05, 0.1) is 19.4 Å². The van der Waals surface area contributed by atoms with Crippen LogP contribution in [0.1, 0.15) is 5.76 Å². The van der Waals surface area contributed by atoms with E-state index in [1.807, 2.05) is 29.3 Å². The van der Waals surface area contributed by atoms with Crippen LogP contribution in [0.5, 0.6) is 0 Å². The molecule has 0 unspecified atom stereocenters. The van der Waals surface area contributed by atoms with Crippen LogP contribution in [0.25, 0.3) is 0 Å². The quantitative estimate of drug-likeness (QED) is 0.727. The third kappa shape index (κ3) is 1.68. The second kappa shape index (κ2) is 3.90. The van der Waals surface area contributed by atoms with Gasteiger partial charge in [-0.1, -0.05) is 0 Å². The Hall–Kier alpha value is -1.55. The fourth-order valence-electron chi connectivity index (χ4n) is 1.57. The van der Waals surface area contributed by atoms with E-state index in [0.717, 1.165) is 30.4 Å². The van der Waals surface area contributed by atoms with Gasteiger partial charge in [0.2, 0.25) is 0 Å². The van der Waals surface area contributed by atoms with Gasteiger partial charge in [0, 0.05) is 0 Å². The number of nitrogens with zero attached hydrogens (tertiary/aromatic N) is 3. The molecule has 0 fully saturated rings. The van der Waals surface area contributed by atoms with E-state index in [1.54, 1.807) is 6.26 Å². The molecular weight excluding hydrogens is 214 g/mol. The molecule has 2 aliphatic rings. The second-order valence-electron chi connectivity index (χ2n) is 3.16. The van der Waals surface area contributed by atoms with Crippen molar-refractivity contribution in [1.82, 2.24) is 5.01 Å². The summed E-state index contributed by atoms with van der Waals surface area (Å²) in [5.41, 5.74) is 0.857. The van der Waals surface area contributed by atoms with Gasteiger partial charge < -0.3 is 4.42 Å². The van der Waals surface area contributed by atoms with Gasteiger partial charge in [-0.15, -0.1) is 12.4 Å². The van der Waals surface area contributed by atoms with E-state index in [9.17, 15) is 0 Å². The Balaban J connectivity index is 0.000000853. The zero-order valence-corrected chi connectivity index (χ0v) is 8.78. The monoisotopic (exact) mass is 223 g/mol. The molecule has 0 aliphatic carbocycles. The van der Waals surface area contributed by atoms with Crippen LogP contribution < -0.4 is 0 Å². The molecule has 0 N–H and O–H groups in total. The minimum absolute atomic E-state index is 0. The third-order valence-corrected chi connectivity index (χ3v) is 2.24. The molecule has 1 aromatic heterocycles. The van der Waals surface area contributed by atoms with Gasteiger partial charge in [-0.25, -0.2) is 5.01 Å². The van der Waals surface area contributed by atoms with Crippen LogP contribution in [-0.4, -0.2) is 29.6 Å². The highest BCUT2D eigenvalue weighted by Crippen LogP contribution is 2.13. The van der Waals surface area contributed by atoms with E-state index >= 15 is 0 Å². The summed E-state index contributed by atoms with van der Waals surface area (Å²) in [6, 6.07) is 3.76. The molecule has 1 aromatic rings. The summed E-state index contributed by atoms with van der Waals surface area (Å²) in [6.07, 6.45) is 5.55. The standard InChI is InChI=1S/C10H9N3O.ClH/c1-2-9(14-7-1)8-3-4-10-11-5-6-13(10)12-8;/h1-4,7H,5-6H2;1H. The van der Waals surface area contributed by atoms with Crippen LogP contribution in [0, 0.1) is 0 Å². The lowest BCUT2D eigenvalue weighted by Crippen LogP contribution is -2.25. The Morgan fingerprint density at radius 3 is 3.07 bits per heavy atom. The maximum atomic E-state index is 5.27. The summed E-state index contributed by atoms with van der Waals surface area (Å²) in [4.78, 5) is 4.29. The first kappa shape index (κ1) is 9.98. The Morgan fingerprint density at radius 1 is 1.33 bits per heavy atom. The first-order chi connectivity index (χ1) is 6.93. The van der Waals surface area contributed by atoms with Crippen molar-refractivity contribution in [2.24, 2.45) is 10.1 Å². The predicted molar refractivity (Wildman–Crippen MR) is 60.6 cm³/mol. The number of rotatable bonds is 1. The molecule has 3 rings (SSSR count). The molecule has 0 aromatic carbocycles. The smallest absolute Gasteiger partial charge is 0.154 e. The Morgan fingerprint density at radius 2 is 2.27 bits per heavy atom. The van der Waals surface area contributed by atoms with Crippen molar-refractivity contribution in [3.05, 3.63) is 36.3 Å². The van der Waals surface area contributed by atoms with E-state index in [2.05, 4.69) is 10.1 Å². The zero-order chi connectivity index (χ0) is 9.38. The van der Waals surface area contributed by atoms with Crippen LogP contribution in [0.4, 0.5) is 0 Å². The average molecular weight is 224 g/mol. The first-order valence-corrected chi connectivity index (χ1v) is 4.56. The lowest BCUT2D eigenvalue weighted by Gasteiger charge is -2.16. The molecule has 0 atom stereocenters. The molecule has 0 saturated carbocycles. The minimum Gasteiger partial charge on any atom is -0.463 e. The molecular formula is C10H10ClN3O. The van der Waals surface area contributed by atoms with Crippen molar-refractivity contribution in [2.45, 2.75) is 0 Å². The van der Waals surface area contributed by atoms with Crippen molar-refractivity contribution in [2.75, 3.05) is 13.1 Å². The van der Waals surface area contributed by atoms with Crippen molar-refractivity contribution in [3.63, 3.8) is 0 Å². The molecule has 0 amide bonds. The van der Waals surface area contributed by atoms with E-state index in [1.165, 1.54) is 0 Å². The highest BCUT2D eigenvalue weighted by atomic mass is 35.5. The molecule has 0 saturated heterocycles. The molecule has 0 radical (unpaired) electrons. The van der Waals surface area contributed by atoms with Crippen LogP contribution in [0.2, 0.25) is 0 Å². The molecule has 3 heterocycles. The summed E-state index contributed by atoms with van der Waals surface area (Å²) in [5, 5.41) is 6.33. The van der Waals surface area contributed by atoms with Gasteiger partial charge >= 0.3 is 0 Å². The minimum atomic E-state index is 0. The second-order valence-corrected chi connectivity index (χ2v) is 3.16. The average Bonchev–Trinajstić information content (AvgIpc) is 2.88. The fourth-order valence-corrected chi connectivity index (χ4v) is 1.57. The number of hydrogen-bond donors (Lipinski definition) is 0. The van der Waals surface area contributed by atoms with Crippen molar-refractivity contribution >= 4 is 24.0 Å². The van der Waals surface area contributed by atoms with Crippen molar-refractivity contribution < 1.29 is 4.42 Å². The predicted octanol–water partition coefficient (Wildman–Crippen LogP) is 1.69. The van der Waals surface area contributed by atoms with Gasteiger partial charge in [0.25, 0.3) is 0 Å². The summed E-state index contributed by atoms with van der Waals surface area (Å²) >= 11 is 0. The van der Waals surface area contributed by atoms with Gasteiger partial charge in [-0.3, -0.25) is 4.99 Å². The SMILES string of the molecule is C1=CC2=NCCN2N=C1c1ccco1.Cl. The number of aliphatic imine (C=N–C) groups is 1. The first-order valence-electron chi connectivity index (χ1n) is 4.56. The maximum Gasteiger partial charge on any atom is 0.154 e. The highest BCUT2D eigenvalue weighted by Gasteiger charge is 2.19. The van der Waals surface area contributed by atoms with Crippen LogP contribution in [-0.2, 0) is 0 Å². The number of allylic oxidation sites excluding steroid dienone is 1. The normalized spacial score (nSPS) is 18.0. The number of halogens is 1. The molecule has 5 heteroatoms. The van der Waals surface area contributed by atoms with Gasteiger partial charge in [-0.2, -0.15) is 5.10 Å². The lowest BCUT2D eigenvalue weighted by atomic mass is 10.2. The third-order valence-electron chi connectivity index (χ3n) is 2.24. The molecule has 15 heavy (non-hydrogen) atoms. The van der Waals surface area contributed by atoms with Gasteiger partial charge in [0.15, 0.2) is 5.76 Å². The van der Waals surface area contributed by atoms with Crippen LogP contribution >= 0.6 is 12.4 Å². The van der Waals surface area contributed by atoms with Gasteiger partial charge in [-0.05, 0) is 24.3 Å². The summed E-state index contributed by atoms with van der Waals surface area (Å²) < 4.78 is 5.27. The zero-order valence-electron chi connectivity index (χ0n) is 7.96. The summed E-state index contributed by atoms with van der Waals surface area (Å²) in [5.74, 6) is 1.74. The number of amidine groups is 1. The Bertz CT molecular complexity index is 434. The van der Waals surface area contributed by atoms with Crippen molar-refractivity contribution in [1.29, 1.82) is 0 Å². The molecule has 2 aliphatic heterocycles. The summed E-state index contributed by atoms with van der Waals surface area (Å²) in [7, 11) is 0. The van der Waals surface area contributed by atoms with E-state index in [0.29, 0.717) is 0 Å². The number of hydrazone groups is 1. The number of furan rings is 1. The van der Waals surface area contributed by atoms with E-state index in [4.69, 9.17) is 4.42 Å². The highest BCUT2D eigenvalue weighted by molar-refractivity contribution is 6.13. The lowest BCUT2D eigenvalue weighted by molar-refractivity contribution is 0.484. The molecule has 4 nitrogen and oxygen atoms in total. The van der Waals surface area contributed by atoms with Crippen LogP contribution in [0.3, 0.4) is 0 Å². The Kier molecular flexibility index (Phi) is 2.60. The van der Waals surface area contributed by atoms with E-state index in [-0.39, 0.29) is 12.4 Å². The molecule has 0 bridgehead atoms. The number of hydrogen-bond acceptors (Lipinski definition) is 4. The van der Waals surface area contributed by atoms with Gasteiger partial charge in [0.1, 0.15) is 11.5 Å². The number of fused-ring (bicyclic) bond motifs is 1. The molecule has 0 spiro atoms. The summed E-state index contributed by atoms with van der Waals surface area (Å²) in [6.45, 7) is 1.69. The maximum absolute atomic E-state index is 5.27. The Labute approximate surface area is 93.4 Å². The topological polar surface area (TPSA) is 41.1 Å². The largest absolute Gasteiger partial charge is 0.463 e. The van der Waals surface area contributed by atoms with Crippen molar-refractivity contribution in [3.8, 4) is 0 Å². The fraction of sp³-hybridized carbons (Fsp3) is 0.200. The molecule has 78 valence electrons. The van der Waals surface area contributed by atoms with E-state index < -0.39 is 0 Å².